The van der Waals surface area contributed by atoms with Gasteiger partial charge < -0.3 is 10.7 Å². The van der Waals surface area contributed by atoms with E-state index in [1.807, 2.05) is 30.3 Å². The minimum Gasteiger partial charge on any atom is -0.383 e. The first-order valence-electron chi connectivity index (χ1n) is 4.17. The molecule has 4 heteroatoms. The van der Waals surface area contributed by atoms with E-state index >= 15 is 0 Å². The van der Waals surface area contributed by atoms with Crippen LogP contribution in [0.4, 0.5) is 5.82 Å². The van der Waals surface area contributed by atoms with E-state index in [1.54, 1.807) is 0 Å². The van der Waals surface area contributed by atoms with Crippen molar-refractivity contribution in [3.63, 3.8) is 0 Å². The van der Waals surface area contributed by atoms with Gasteiger partial charge in [-0.2, -0.15) is 0 Å². The third-order valence-electron chi connectivity index (χ3n) is 1.94. The quantitative estimate of drug-likeness (QED) is 0.700. The van der Waals surface area contributed by atoms with Gasteiger partial charge in [0.15, 0.2) is 0 Å². The van der Waals surface area contributed by atoms with Crippen molar-refractivity contribution in [2.45, 2.75) is 0 Å². The monoisotopic (exact) mass is 187 g/mol. The largest absolute Gasteiger partial charge is 0.383 e. The number of nitrogen functional groups attached to an aromatic ring is 1. The number of aromatic amines is 1. The lowest BCUT2D eigenvalue weighted by molar-refractivity contribution is 1.13. The summed E-state index contributed by atoms with van der Waals surface area (Å²) in [6.07, 6.45) is 1.30. The van der Waals surface area contributed by atoms with Crippen LogP contribution in [0.2, 0.25) is 0 Å². The molecule has 1 heterocycles. The zero-order valence-electron chi connectivity index (χ0n) is 7.40. The van der Waals surface area contributed by atoms with E-state index in [0.717, 1.165) is 5.56 Å². The molecule has 2 aromatic rings. The Morgan fingerprint density at radius 1 is 1.21 bits per heavy atom. The van der Waals surface area contributed by atoms with Gasteiger partial charge in [-0.25, -0.2) is 4.98 Å². The van der Waals surface area contributed by atoms with Crippen LogP contribution in [0.5, 0.6) is 0 Å². The molecule has 0 saturated carbocycles. The SMILES string of the molecule is Nc1nc[nH]c(=O)c1-c1ccccc1. The smallest absolute Gasteiger partial charge is 0.260 e. The van der Waals surface area contributed by atoms with Gasteiger partial charge in [0, 0.05) is 0 Å². The molecule has 0 bridgehead atoms. The Morgan fingerprint density at radius 2 is 1.93 bits per heavy atom. The second-order valence-electron chi connectivity index (χ2n) is 2.86. The molecule has 0 atom stereocenters. The van der Waals surface area contributed by atoms with Gasteiger partial charge in [0.1, 0.15) is 5.82 Å². The summed E-state index contributed by atoms with van der Waals surface area (Å²) in [5, 5.41) is 0. The summed E-state index contributed by atoms with van der Waals surface area (Å²) in [5.41, 5.74) is 6.60. The second kappa shape index (κ2) is 3.33. The average molecular weight is 187 g/mol. The molecule has 0 aliphatic rings. The van der Waals surface area contributed by atoms with Crippen LogP contribution in [0.1, 0.15) is 0 Å². The third-order valence-corrected chi connectivity index (χ3v) is 1.94. The molecule has 0 unspecified atom stereocenters. The Kier molecular flexibility index (Phi) is 2.02. The maximum Gasteiger partial charge on any atom is 0.260 e. The number of hydrogen-bond donors (Lipinski definition) is 2. The molecule has 1 aromatic carbocycles. The van der Waals surface area contributed by atoms with Gasteiger partial charge in [-0.05, 0) is 5.56 Å². The number of aromatic nitrogens is 2. The highest BCUT2D eigenvalue weighted by Crippen LogP contribution is 2.18. The predicted octanol–water partition coefficient (Wildman–Crippen LogP) is 1.02. The highest BCUT2D eigenvalue weighted by molar-refractivity contribution is 5.72. The molecule has 70 valence electrons. The molecule has 1 aromatic heterocycles. The summed E-state index contributed by atoms with van der Waals surface area (Å²) in [6, 6.07) is 9.22. The fourth-order valence-corrected chi connectivity index (χ4v) is 1.30. The molecule has 0 saturated heterocycles. The van der Waals surface area contributed by atoms with Crippen molar-refractivity contribution < 1.29 is 0 Å². The molecule has 2 rings (SSSR count). The van der Waals surface area contributed by atoms with E-state index in [1.165, 1.54) is 6.33 Å². The van der Waals surface area contributed by atoms with Gasteiger partial charge in [-0.3, -0.25) is 4.79 Å². The molecule has 0 spiro atoms. The number of nitrogens with two attached hydrogens (primary N) is 1. The summed E-state index contributed by atoms with van der Waals surface area (Å²) < 4.78 is 0. The lowest BCUT2D eigenvalue weighted by Gasteiger charge is -2.01. The Hall–Kier alpha value is -2.10. The normalized spacial score (nSPS) is 10.0. The van der Waals surface area contributed by atoms with Crippen LogP contribution < -0.4 is 11.3 Å². The average Bonchev–Trinajstić information content (AvgIpc) is 2.19. The molecule has 0 amide bonds. The zero-order chi connectivity index (χ0) is 9.97. The van der Waals surface area contributed by atoms with Crippen LogP contribution in [0.3, 0.4) is 0 Å². The van der Waals surface area contributed by atoms with Crippen molar-refractivity contribution >= 4 is 5.82 Å². The van der Waals surface area contributed by atoms with Gasteiger partial charge in [0.25, 0.3) is 5.56 Å². The number of hydrogen-bond acceptors (Lipinski definition) is 3. The van der Waals surface area contributed by atoms with Crippen molar-refractivity contribution in [1.29, 1.82) is 0 Å². The van der Waals surface area contributed by atoms with Crippen molar-refractivity contribution in [2.75, 3.05) is 5.73 Å². The molecule has 0 radical (unpaired) electrons. The number of rotatable bonds is 1. The van der Waals surface area contributed by atoms with Crippen LogP contribution in [-0.4, -0.2) is 9.97 Å². The molecular formula is C10H9N3O. The molecule has 0 aliphatic carbocycles. The first kappa shape index (κ1) is 8.50. The minimum absolute atomic E-state index is 0.219. The number of anilines is 1. The molecular weight excluding hydrogens is 178 g/mol. The maximum atomic E-state index is 11.5. The maximum absolute atomic E-state index is 11.5. The third kappa shape index (κ3) is 1.37. The number of benzene rings is 1. The number of nitrogens with zero attached hydrogens (tertiary/aromatic N) is 1. The number of nitrogens with one attached hydrogen (secondary N) is 1. The fraction of sp³-hybridized carbons (Fsp3) is 0. The van der Waals surface area contributed by atoms with E-state index in [4.69, 9.17) is 5.73 Å². The van der Waals surface area contributed by atoms with E-state index in [0.29, 0.717) is 5.56 Å². The highest BCUT2D eigenvalue weighted by atomic mass is 16.1. The fourth-order valence-electron chi connectivity index (χ4n) is 1.30. The lowest BCUT2D eigenvalue weighted by Crippen LogP contribution is -2.12. The summed E-state index contributed by atoms with van der Waals surface area (Å²) in [7, 11) is 0. The van der Waals surface area contributed by atoms with Gasteiger partial charge in [0.2, 0.25) is 0 Å². The minimum atomic E-state index is -0.219. The summed E-state index contributed by atoms with van der Waals surface area (Å²) in [5.74, 6) is 0.250. The van der Waals surface area contributed by atoms with Crippen LogP contribution in [0.25, 0.3) is 11.1 Å². The van der Waals surface area contributed by atoms with Gasteiger partial charge in [-0.15, -0.1) is 0 Å². The predicted molar refractivity (Wildman–Crippen MR) is 54.7 cm³/mol. The first-order valence-corrected chi connectivity index (χ1v) is 4.17. The van der Waals surface area contributed by atoms with Gasteiger partial charge in [-0.1, -0.05) is 30.3 Å². The van der Waals surface area contributed by atoms with Gasteiger partial charge >= 0.3 is 0 Å². The van der Waals surface area contributed by atoms with Crippen LogP contribution in [0.15, 0.2) is 41.5 Å². The zero-order valence-corrected chi connectivity index (χ0v) is 7.40. The first-order chi connectivity index (χ1) is 6.79. The highest BCUT2D eigenvalue weighted by Gasteiger charge is 2.06. The van der Waals surface area contributed by atoms with E-state index in [2.05, 4.69) is 9.97 Å². The van der Waals surface area contributed by atoms with Crippen molar-refractivity contribution in [3.8, 4) is 11.1 Å². The summed E-state index contributed by atoms with van der Waals surface area (Å²) >= 11 is 0. The van der Waals surface area contributed by atoms with E-state index in [-0.39, 0.29) is 11.4 Å². The Bertz CT molecular complexity index is 490. The van der Waals surface area contributed by atoms with Crippen LogP contribution in [-0.2, 0) is 0 Å². The Balaban J connectivity index is 2.69. The molecule has 3 N–H and O–H groups in total. The Labute approximate surface area is 80.4 Å². The van der Waals surface area contributed by atoms with Crippen molar-refractivity contribution in [2.24, 2.45) is 0 Å². The number of H-pyrrole nitrogens is 1. The summed E-state index contributed by atoms with van der Waals surface area (Å²) in [4.78, 5) is 17.8. The standard InChI is InChI=1S/C10H9N3O/c11-9-8(10(14)13-6-12-9)7-4-2-1-3-5-7/h1-6H,(H3,11,12,13,14). The van der Waals surface area contributed by atoms with Crippen molar-refractivity contribution in [3.05, 3.63) is 47.0 Å². The molecule has 0 aliphatic heterocycles. The van der Waals surface area contributed by atoms with E-state index in [9.17, 15) is 4.79 Å². The topological polar surface area (TPSA) is 71.8 Å². The molecule has 0 fully saturated rings. The lowest BCUT2D eigenvalue weighted by atomic mass is 10.1. The molecule has 4 nitrogen and oxygen atoms in total. The molecule has 14 heavy (non-hydrogen) atoms. The Morgan fingerprint density at radius 3 is 2.57 bits per heavy atom. The van der Waals surface area contributed by atoms with Gasteiger partial charge in [0.05, 0.1) is 11.9 Å². The van der Waals surface area contributed by atoms with Crippen LogP contribution >= 0.6 is 0 Å². The van der Waals surface area contributed by atoms with E-state index < -0.39 is 0 Å². The van der Waals surface area contributed by atoms with Crippen molar-refractivity contribution in [1.82, 2.24) is 9.97 Å². The van der Waals surface area contributed by atoms with Crippen LogP contribution in [0, 0.1) is 0 Å². The summed E-state index contributed by atoms with van der Waals surface area (Å²) in [6.45, 7) is 0. The second-order valence-corrected chi connectivity index (χ2v) is 2.86.